The molecule has 5 heteroatoms. The van der Waals surface area contributed by atoms with E-state index >= 15 is 0 Å². The van der Waals surface area contributed by atoms with Crippen molar-refractivity contribution in [3.05, 3.63) is 28.8 Å². The second-order valence-electron chi connectivity index (χ2n) is 3.86. The summed E-state index contributed by atoms with van der Waals surface area (Å²) in [6.07, 6.45) is 0.793. The topological polar surface area (TPSA) is 41.5 Å². The lowest BCUT2D eigenvalue weighted by Crippen LogP contribution is -2.18. The lowest BCUT2D eigenvalue weighted by molar-refractivity contribution is 0.199. The van der Waals surface area contributed by atoms with E-state index in [9.17, 15) is 0 Å². The summed E-state index contributed by atoms with van der Waals surface area (Å²) in [6, 6.07) is 6.10. The highest BCUT2D eigenvalue weighted by Gasteiger charge is 2.02. The third kappa shape index (κ3) is 6.07. The number of rotatable bonds is 9. The molecule has 1 rings (SSSR count). The van der Waals surface area contributed by atoms with Crippen LogP contribution in [0.4, 0.5) is 0 Å². The fourth-order valence-electron chi connectivity index (χ4n) is 1.42. The van der Waals surface area contributed by atoms with Crippen molar-refractivity contribution in [2.24, 2.45) is 0 Å². The van der Waals surface area contributed by atoms with Gasteiger partial charge in [0, 0.05) is 37.5 Å². The molecular weight excluding hydrogens is 270 g/mol. The summed E-state index contributed by atoms with van der Waals surface area (Å²) in [5.41, 5.74) is 1.17. The smallest absolute Gasteiger partial charge is 0.0587 e. The normalized spacial score (nSPS) is 10.8. The quantitative estimate of drug-likeness (QED) is 0.541. The fraction of sp³-hybridized carbons (Fsp3) is 0.538. The second kappa shape index (κ2) is 9.64. The maximum Gasteiger partial charge on any atom is 0.0587 e. The van der Waals surface area contributed by atoms with Crippen molar-refractivity contribution in [3.8, 4) is 0 Å². The van der Waals surface area contributed by atoms with Crippen LogP contribution in [0.15, 0.2) is 23.1 Å². The van der Waals surface area contributed by atoms with Gasteiger partial charge in [0.2, 0.25) is 0 Å². The van der Waals surface area contributed by atoms with Crippen LogP contribution in [0, 0.1) is 0 Å². The third-order valence-electron chi connectivity index (χ3n) is 2.37. The molecule has 0 atom stereocenters. The number of nitrogens with one attached hydrogen (secondary N) is 1. The average Bonchev–Trinajstić information content (AvgIpc) is 2.37. The van der Waals surface area contributed by atoms with Gasteiger partial charge in [0.15, 0.2) is 0 Å². The number of aliphatic hydroxyl groups is 1. The summed E-state index contributed by atoms with van der Waals surface area (Å²) in [6.45, 7) is 2.57. The first-order valence-corrected chi connectivity index (χ1v) is 7.36. The fourth-order valence-corrected chi connectivity index (χ4v) is 2.65. The Morgan fingerprint density at radius 3 is 2.94 bits per heavy atom. The molecule has 3 nitrogen and oxygen atoms in total. The zero-order chi connectivity index (χ0) is 13.2. The molecule has 0 amide bonds. The van der Waals surface area contributed by atoms with Crippen molar-refractivity contribution >= 4 is 23.4 Å². The van der Waals surface area contributed by atoms with E-state index in [1.54, 1.807) is 18.9 Å². The molecule has 0 heterocycles. The van der Waals surface area contributed by atoms with E-state index in [0.29, 0.717) is 6.61 Å². The standard InChI is InChI=1S/C13H20ClNO2S/c1-17-7-5-15-10-11-3-4-13(12(14)9-11)18-8-2-6-16/h3-4,9,15-16H,2,5-8,10H2,1H3. The van der Waals surface area contributed by atoms with Gasteiger partial charge in [0.05, 0.1) is 11.6 Å². The van der Waals surface area contributed by atoms with Gasteiger partial charge in [-0.25, -0.2) is 0 Å². The van der Waals surface area contributed by atoms with Crippen molar-refractivity contribution < 1.29 is 9.84 Å². The lowest BCUT2D eigenvalue weighted by atomic mass is 10.2. The number of thioether (sulfide) groups is 1. The first-order chi connectivity index (χ1) is 8.77. The summed E-state index contributed by atoms with van der Waals surface area (Å²) in [4.78, 5) is 1.07. The van der Waals surface area contributed by atoms with Gasteiger partial charge in [-0.1, -0.05) is 17.7 Å². The van der Waals surface area contributed by atoms with Crippen LogP contribution in [-0.4, -0.2) is 37.7 Å². The average molecular weight is 290 g/mol. The van der Waals surface area contributed by atoms with E-state index in [2.05, 4.69) is 11.4 Å². The Morgan fingerprint density at radius 2 is 2.28 bits per heavy atom. The summed E-state index contributed by atoms with van der Waals surface area (Å²) < 4.78 is 4.97. The summed E-state index contributed by atoms with van der Waals surface area (Å²) >= 11 is 7.89. The third-order valence-corrected chi connectivity index (χ3v) is 3.95. The molecular formula is C13H20ClNO2S. The number of hydrogen-bond donors (Lipinski definition) is 2. The largest absolute Gasteiger partial charge is 0.396 e. The Bertz CT molecular complexity index is 350. The molecule has 2 N–H and O–H groups in total. The minimum absolute atomic E-state index is 0.228. The van der Waals surface area contributed by atoms with Crippen LogP contribution in [0.25, 0.3) is 0 Å². The van der Waals surface area contributed by atoms with Gasteiger partial charge in [-0.3, -0.25) is 0 Å². The van der Waals surface area contributed by atoms with Crippen molar-refractivity contribution in [2.75, 3.05) is 32.6 Å². The van der Waals surface area contributed by atoms with Crippen molar-refractivity contribution in [1.82, 2.24) is 5.32 Å². The lowest BCUT2D eigenvalue weighted by Gasteiger charge is -2.08. The SMILES string of the molecule is COCCNCc1ccc(SCCCO)c(Cl)c1. The van der Waals surface area contributed by atoms with E-state index in [0.717, 1.165) is 35.2 Å². The van der Waals surface area contributed by atoms with E-state index in [4.69, 9.17) is 21.4 Å². The van der Waals surface area contributed by atoms with E-state index in [-0.39, 0.29) is 6.61 Å². The van der Waals surface area contributed by atoms with Crippen molar-refractivity contribution in [3.63, 3.8) is 0 Å². The highest BCUT2D eigenvalue weighted by atomic mass is 35.5. The Balaban J connectivity index is 2.41. The van der Waals surface area contributed by atoms with Crippen molar-refractivity contribution in [1.29, 1.82) is 0 Å². The van der Waals surface area contributed by atoms with E-state index in [1.165, 1.54) is 5.56 Å². The Hall–Kier alpha value is -0.260. The summed E-state index contributed by atoms with van der Waals surface area (Å²) in [5, 5.41) is 12.8. The predicted molar refractivity (Wildman–Crippen MR) is 77.5 cm³/mol. The number of methoxy groups -OCH3 is 1. The van der Waals surface area contributed by atoms with Crippen LogP contribution < -0.4 is 5.32 Å². The molecule has 0 aromatic heterocycles. The molecule has 18 heavy (non-hydrogen) atoms. The molecule has 0 spiro atoms. The maximum atomic E-state index is 8.73. The van der Waals surface area contributed by atoms with Gasteiger partial charge in [-0.2, -0.15) is 0 Å². The monoisotopic (exact) mass is 289 g/mol. The van der Waals surface area contributed by atoms with E-state index < -0.39 is 0 Å². The molecule has 0 bridgehead atoms. The van der Waals surface area contributed by atoms with Gasteiger partial charge in [0.1, 0.15) is 0 Å². The zero-order valence-electron chi connectivity index (χ0n) is 10.6. The molecule has 0 saturated heterocycles. The molecule has 0 radical (unpaired) electrons. The molecule has 0 saturated carbocycles. The van der Waals surface area contributed by atoms with Crippen LogP contribution in [0.5, 0.6) is 0 Å². The minimum Gasteiger partial charge on any atom is -0.396 e. The number of hydrogen-bond acceptors (Lipinski definition) is 4. The van der Waals surface area contributed by atoms with Crippen LogP contribution in [0.1, 0.15) is 12.0 Å². The van der Waals surface area contributed by atoms with Crippen LogP contribution in [0.3, 0.4) is 0 Å². The molecule has 1 aromatic carbocycles. The zero-order valence-corrected chi connectivity index (χ0v) is 12.2. The van der Waals surface area contributed by atoms with Gasteiger partial charge in [-0.15, -0.1) is 11.8 Å². The predicted octanol–water partition coefficient (Wildman–Crippen LogP) is 2.55. The maximum absolute atomic E-state index is 8.73. The number of aliphatic hydroxyl groups excluding tert-OH is 1. The van der Waals surface area contributed by atoms with Gasteiger partial charge < -0.3 is 15.2 Å². The minimum atomic E-state index is 0.228. The van der Waals surface area contributed by atoms with Crippen LogP contribution in [0.2, 0.25) is 5.02 Å². The Kier molecular flexibility index (Phi) is 8.46. The summed E-state index contributed by atoms with van der Waals surface area (Å²) in [5.74, 6) is 0.891. The van der Waals surface area contributed by atoms with Gasteiger partial charge in [0.25, 0.3) is 0 Å². The highest BCUT2D eigenvalue weighted by molar-refractivity contribution is 7.99. The van der Waals surface area contributed by atoms with E-state index in [1.807, 2.05) is 12.1 Å². The highest BCUT2D eigenvalue weighted by Crippen LogP contribution is 2.28. The Morgan fingerprint density at radius 1 is 1.44 bits per heavy atom. The molecule has 1 aromatic rings. The van der Waals surface area contributed by atoms with Crippen LogP contribution >= 0.6 is 23.4 Å². The molecule has 0 aliphatic rings. The molecule has 0 fully saturated rings. The first-order valence-electron chi connectivity index (χ1n) is 5.99. The Labute approximate surface area is 118 Å². The molecule has 0 unspecified atom stereocenters. The number of benzene rings is 1. The molecule has 0 aliphatic carbocycles. The summed E-state index contributed by atoms with van der Waals surface area (Å²) in [7, 11) is 1.69. The number of halogens is 1. The van der Waals surface area contributed by atoms with Crippen LogP contribution in [-0.2, 0) is 11.3 Å². The number of ether oxygens (including phenoxy) is 1. The molecule has 102 valence electrons. The van der Waals surface area contributed by atoms with Gasteiger partial charge >= 0.3 is 0 Å². The molecule has 0 aliphatic heterocycles. The van der Waals surface area contributed by atoms with Gasteiger partial charge in [-0.05, 0) is 24.1 Å². The second-order valence-corrected chi connectivity index (χ2v) is 5.40. The first kappa shape index (κ1) is 15.8. The van der Waals surface area contributed by atoms with Crippen molar-refractivity contribution in [2.45, 2.75) is 17.9 Å².